The van der Waals surface area contributed by atoms with E-state index in [0.717, 1.165) is 26.2 Å². The Morgan fingerprint density at radius 2 is 2.06 bits per heavy atom. The van der Waals surface area contributed by atoms with Crippen LogP contribution < -0.4 is 15.7 Å². The van der Waals surface area contributed by atoms with Crippen molar-refractivity contribution < 1.29 is 10.0 Å². The standard InChI is InChI=1S/C9H13BClN3O2/c11-8-5-7(10(15)16)6-13-9(8)14-3-1-12-2-4-14/h5-6,12,15-16H,1-4H2. The van der Waals surface area contributed by atoms with E-state index in [1.165, 1.54) is 12.3 Å². The third kappa shape index (κ3) is 2.46. The van der Waals surface area contributed by atoms with Crippen molar-refractivity contribution in [3.63, 3.8) is 0 Å². The van der Waals surface area contributed by atoms with Gasteiger partial charge in [-0.15, -0.1) is 0 Å². The lowest BCUT2D eigenvalue weighted by molar-refractivity contribution is 0.425. The van der Waals surface area contributed by atoms with E-state index in [1.807, 2.05) is 0 Å². The monoisotopic (exact) mass is 241 g/mol. The van der Waals surface area contributed by atoms with Crippen LogP contribution in [0.25, 0.3) is 0 Å². The Morgan fingerprint density at radius 1 is 1.38 bits per heavy atom. The molecule has 1 aliphatic heterocycles. The van der Waals surface area contributed by atoms with Crippen molar-refractivity contribution in [2.24, 2.45) is 0 Å². The van der Waals surface area contributed by atoms with Gasteiger partial charge in [-0.1, -0.05) is 11.6 Å². The Kier molecular flexibility index (Phi) is 3.65. The first-order valence-corrected chi connectivity index (χ1v) is 5.53. The number of rotatable bonds is 2. The second kappa shape index (κ2) is 5.01. The van der Waals surface area contributed by atoms with Crippen LogP contribution in [0.1, 0.15) is 0 Å². The molecule has 0 radical (unpaired) electrons. The van der Waals surface area contributed by atoms with E-state index >= 15 is 0 Å². The van der Waals surface area contributed by atoms with Gasteiger partial charge in [0.15, 0.2) is 0 Å². The van der Waals surface area contributed by atoms with Crippen LogP contribution in [0.3, 0.4) is 0 Å². The summed E-state index contributed by atoms with van der Waals surface area (Å²) in [5, 5.41) is 21.7. The predicted octanol–water partition coefficient (Wildman–Crippen LogP) is -1.18. The fraction of sp³-hybridized carbons (Fsp3) is 0.444. The van der Waals surface area contributed by atoms with Gasteiger partial charge < -0.3 is 20.3 Å². The van der Waals surface area contributed by atoms with Crippen LogP contribution in [0.15, 0.2) is 12.3 Å². The number of nitrogens with one attached hydrogen (secondary N) is 1. The molecule has 2 heterocycles. The van der Waals surface area contributed by atoms with E-state index in [0.29, 0.717) is 16.3 Å². The first-order valence-electron chi connectivity index (χ1n) is 5.16. The molecule has 1 aliphatic rings. The molecule has 5 nitrogen and oxygen atoms in total. The fourth-order valence-electron chi connectivity index (χ4n) is 1.70. The third-order valence-electron chi connectivity index (χ3n) is 2.56. The summed E-state index contributed by atoms with van der Waals surface area (Å²) < 4.78 is 0. The SMILES string of the molecule is OB(O)c1cnc(N2CCNCC2)c(Cl)c1. The molecule has 16 heavy (non-hydrogen) atoms. The smallest absolute Gasteiger partial charge is 0.423 e. The molecule has 0 unspecified atom stereocenters. The minimum atomic E-state index is -1.53. The molecule has 0 atom stereocenters. The number of aromatic nitrogens is 1. The zero-order valence-corrected chi connectivity index (χ0v) is 9.48. The largest absolute Gasteiger partial charge is 0.490 e. The Labute approximate surface area is 99.2 Å². The highest BCUT2D eigenvalue weighted by Gasteiger charge is 2.18. The average molecular weight is 241 g/mol. The maximum absolute atomic E-state index is 8.98. The van der Waals surface area contributed by atoms with Crippen molar-refractivity contribution in [2.75, 3.05) is 31.1 Å². The second-order valence-electron chi connectivity index (χ2n) is 3.68. The number of nitrogens with zero attached hydrogens (tertiary/aromatic N) is 2. The Balaban J connectivity index is 2.21. The highest BCUT2D eigenvalue weighted by molar-refractivity contribution is 6.59. The lowest BCUT2D eigenvalue weighted by Gasteiger charge is -2.29. The summed E-state index contributed by atoms with van der Waals surface area (Å²) in [6.07, 6.45) is 1.44. The summed E-state index contributed by atoms with van der Waals surface area (Å²) in [4.78, 5) is 6.25. The number of pyridine rings is 1. The van der Waals surface area contributed by atoms with E-state index < -0.39 is 7.12 Å². The van der Waals surface area contributed by atoms with Gasteiger partial charge in [-0.3, -0.25) is 0 Å². The molecule has 86 valence electrons. The predicted molar refractivity (Wildman–Crippen MR) is 64.2 cm³/mol. The molecule has 0 spiro atoms. The molecule has 2 rings (SSSR count). The van der Waals surface area contributed by atoms with Crippen molar-refractivity contribution in [1.82, 2.24) is 10.3 Å². The van der Waals surface area contributed by atoms with Crippen LogP contribution in [0, 0.1) is 0 Å². The molecule has 7 heteroatoms. The normalized spacial score (nSPS) is 16.3. The summed E-state index contributed by atoms with van der Waals surface area (Å²) in [6, 6.07) is 1.54. The van der Waals surface area contributed by atoms with E-state index in [-0.39, 0.29) is 0 Å². The average Bonchev–Trinajstić information content (AvgIpc) is 2.30. The summed E-state index contributed by atoms with van der Waals surface area (Å²) in [5.74, 6) is 0.701. The molecule has 1 aromatic rings. The van der Waals surface area contributed by atoms with Gasteiger partial charge >= 0.3 is 7.12 Å². The molecule has 3 N–H and O–H groups in total. The zero-order valence-electron chi connectivity index (χ0n) is 8.73. The molecule has 0 bridgehead atoms. The number of hydrogen-bond donors (Lipinski definition) is 3. The van der Waals surface area contributed by atoms with Crippen LogP contribution in [-0.4, -0.2) is 48.3 Å². The number of anilines is 1. The summed E-state index contributed by atoms with van der Waals surface area (Å²) >= 11 is 6.06. The van der Waals surface area contributed by atoms with Crippen LogP contribution >= 0.6 is 11.6 Å². The molecule has 1 aromatic heterocycles. The van der Waals surface area contributed by atoms with Gasteiger partial charge in [0.05, 0.1) is 5.02 Å². The van der Waals surface area contributed by atoms with Crippen molar-refractivity contribution in [2.45, 2.75) is 0 Å². The second-order valence-corrected chi connectivity index (χ2v) is 4.09. The van der Waals surface area contributed by atoms with Gasteiger partial charge in [-0.05, 0) is 6.07 Å². The lowest BCUT2D eigenvalue weighted by atomic mass is 9.82. The van der Waals surface area contributed by atoms with Gasteiger partial charge in [0.2, 0.25) is 0 Å². The van der Waals surface area contributed by atoms with Crippen LogP contribution in [-0.2, 0) is 0 Å². The van der Waals surface area contributed by atoms with E-state index in [1.54, 1.807) is 0 Å². The van der Waals surface area contributed by atoms with Crippen molar-refractivity contribution in [1.29, 1.82) is 0 Å². The number of piperazine rings is 1. The van der Waals surface area contributed by atoms with Crippen molar-refractivity contribution >= 4 is 30.0 Å². The van der Waals surface area contributed by atoms with E-state index in [9.17, 15) is 0 Å². The quantitative estimate of drug-likeness (QED) is 0.569. The molecule has 1 saturated heterocycles. The molecule has 0 saturated carbocycles. The Bertz CT molecular complexity index is 372. The molecule has 0 aliphatic carbocycles. The number of hydrogen-bond acceptors (Lipinski definition) is 5. The van der Waals surface area contributed by atoms with Gasteiger partial charge in [0.1, 0.15) is 5.82 Å². The van der Waals surface area contributed by atoms with Gasteiger partial charge in [-0.2, -0.15) is 0 Å². The first kappa shape index (κ1) is 11.7. The summed E-state index contributed by atoms with van der Waals surface area (Å²) in [5.41, 5.74) is 0.309. The van der Waals surface area contributed by atoms with Gasteiger partial charge in [-0.25, -0.2) is 4.98 Å². The fourth-order valence-corrected chi connectivity index (χ4v) is 1.99. The molecule has 1 fully saturated rings. The molecular formula is C9H13BClN3O2. The Hall–Kier alpha value is -0.815. The Morgan fingerprint density at radius 3 is 2.62 bits per heavy atom. The lowest BCUT2D eigenvalue weighted by Crippen LogP contribution is -2.44. The molecular weight excluding hydrogens is 228 g/mol. The first-order chi connectivity index (χ1) is 7.68. The maximum Gasteiger partial charge on any atom is 0.490 e. The highest BCUT2D eigenvalue weighted by atomic mass is 35.5. The summed E-state index contributed by atoms with van der Waals surface area (Å²) in [6.45, 7) is 3.52. The minimum Gasteiger partial charge on any atom is -0.423 e. The van der Waals surface area contributed by atoms with E-state index in [4.69, 9.17) is 21.6 Å². The van der Waals surface area contributed by atoms with Crippen LogP contribution in [0.2, 0.25) is 5.02 Å². The minimum absolute atomic E-state index is 0.309. The highest BCUT2D eigenvalue weighted by Crippen LogP contribution is 2.21. The topological polar surface area (TPSA) is 68.6 Å². The maximum atomic E-state index is 8.98. The van der Waals surface area contributed by atoms with Crippen molar-refractivity contribution in [3.8, 4) is 0 Å². The van der Waals surface area contributed by atoms with Crippen LogP contribution in [0.5, 0.6) is 0 Å². The van der Waals surface area contributed by atoms with E-state index in [2.05, 4.69) is 15.2 Å². The number of halogens is 1. The molecule has 0 aromatic carbocycles. The summed E-state index contributed by atoms with van der Waals surface area (Å²) in [7, 11) is -1.53. The third-order valence-corrected chi connectivity index (χ3v) is 2.84. The molecule has 0 amide bonds. The van der Waals surface area contributed by atoms with Gasteiger partial charge in [0.25, 0.3) is 0 Å². The van der Waals surface area contributed by atoms with Crippen LogP contribution in [0.4, 0.5) is 5.82 Å². The van der Waals surface area contributed by atoms with Gasteiger partial charge in [0, 0.05) is 37.8 Å². The zero-order chi connectivity index (χ0) is 11.5. The van der Waals surface area contributed by atoms with Crippen molar-refractivity contribution in [3.05, 3.63) is 17.3 Å².